The molecule has 0 aliphatic rings. The van der Waals surface area contributed by atoms with Crippen molar-refractivity contribution in [2.75, 3.05) is 86.4 Å². The summed E-state index contributed by atoms with van der Waals surface area (Å²) < 4.78 is 37.0. The number of methoxy groups -OCH3 is 1. The van der Waals surface area contributed by atoms with Gasteiger partial charge >= 0.3 is 5.97 Å². The van der Waals surface area contributed by atoms with Crippen molar-refractivity contribution in [1.29, 1.82) is 0 Å². The molecule has 0 atom stereocenters. The van der Waals surface area contributed by atoms with Crippen molar-refractivity contribution in [3.8, 4) is 0 Å². The van der Waals surface area contributed by atoms with Crippen molar-refractivity contribution >= 4 is 5.97 Å². The fourth-order valence-corrected chi connectivity index (χ4v) is 2.44. The molecule has 0 aliphatic heterocycles. The Hall–Kier alpha value is -0.770. The highest BCUT2D eigenvalue weighted by molar-refractivity contribution is 5.69. The molecule has 0 spiro atoms. The third-order valence-corrected chi connectivity index (χ3v) is 4.18. The molecule has 0 aromatic rings. The van der Waals surface area contributed by atoms with Gasteiger partial charge in [0, 0.05) is 6.61 Å². The lowest BCUT2D eigenvalue weighted by atomic mass is 10.1. The second-order valence-electron chi connectivity index (χ2n) is 6.77. The van der Waals surface area contributed by atoms with Crippen LogP contribution in [0.3, 0.4) is 0 Å². The summed E-state index contributed by atoms with van der Waals surface area (Å²) in [5.74, 6) is -0.272. The Morgan fingerprint density at radius 3 is 1.30 bits per heavy atom. The Morgan fingerprint density at radius 2 is 0.867 bits per heavy atom. The lowest BCUT2D eigenvalue weighted by Crippen LogP contribution is -2.14. The normalized spacial score (nSPS) is 11.1. The van der Waals surface area contributed by atoms with Crippen molar-refractivity contribution in [2.24, 2.45) is 0 Å². The van der Waals surface area contributed by atoms with Crippen LogP contribution in [0.2, 0.25) is 0 Å². The highest BCUT2D eigenvalue weighted by atomic mass is 16.6. The van der Waals surface area contributed by atoms with Crippen molar-refractivity contribution < 1.29 is 38.0 Å². The minimum absolute atomic E-state index is 0.262. The van der Waals surface area contributed by atoms with Gasteiger partial charge in [0.1, 0.15) is 0 Å². The molecular formula is C22H44O8. The molecule has 0 saturated carbocycles. The summed E-state index contributed by atoms with van der Waals surface area (Å²) in [6.07, 6.45) is 7.95. The van der Waals surface area contributed by atoms with E-state index in [2.05, 4.69) is 11.7 Å². The summed E-state index contributed by atoms with van der Waals surface area (Å²) in [4.78, 5) is 10.9. The van der Waals surface area contributed by atoms with E-state index in [9.17, 15) is 4.79 Å². The van der Waals surface area contributed by atoms with Crippen molar-refractivity contribution in [3.63, 3.8) is 0 Å². The van der Waals surface area contributed by atoms with E-state index in [1.54, 1.807) is 0 Å². The average Bonchev–Trinajstić information content (AvgIpc) is 2.76. The number of unbranched alkanes of at least 4 members (excludes halogenated alkanes) is 5. The van der Waals surface area contributed by atoms with Crippen LogP contribution in [0.1, 0.15) is 51.9 Å². The zero-order chi connectivity index (χ0) is 22.0. The van der Waals surface area contributed by atoms with Gasteiger partial charge in [0.25, 0.3) is 0 Å². The van der Waals surface area contributed by atoms with E-state index >= 15 is 0 Å². The Bertz CT molecular complexity index is 341. The van der Waals surface area contributed by atoms with Crippen LogP contribution in [0.5, 0.6) is 0 Å². The van der Waals surface area contributed by atoms with E-state index in [0.29, 0.717) is 72.7 Å². The van der Waals surface area contributed by atoms with Crippen LogP contribution in [-0.2, 0) is 38.0 Å². The molecule has 30 heavy (non-hydrogen) atoms. The standard InChI is InChI=1S/C22H44O8/c1-3-4-5-6-7-8-10-25-12-14-27-16-18-29-20-21-30-19-17-28-15-13-26-11-9-22(23)24-2/h3-21H2,1-2H3. The fourth-order valence-electron chi connectivity index (χ4n) is 2.44. The summed E-state index contributed by atoms with van der Waals surface area (Å²) in [5, 5.41) is 0. The van der Waals surface area contributed by atoms with Gasteiger partial charge < -0.3 is 33.2 Å². The van der Waals surface area contributed by atoms with Crippen LogP contribution in [-0.4, -0.2) is 92.4 Å². The number of hydrogen-bond acceptors (Lipinski definition) is 8. The Kier molecular flexibility index (Phi) is 25.6. The van der Waals surface area contributed by atoms with E-state index in [4.69, 9.17) is 28.4 Å². The Labute approximate surface area is 182 Å². The zero-order valence-corrected chi connectivity index (χ0v) is 19.2. The molecular weight excluding hydrogens is 392 g/mol. The molecule has 8 heteroatoms. The van der Waals surface area contributed by atoms with Crippen LogP contribution in [0.4, 0.5) is 0 Å². The topological polar surface area (TPSA) is 81.7 Å². The number of esters is 1. The first kappa shape index (κ1) is 29.2. The largest absolute Gasteiger partial charge is 0.469 e. The molecule has 8 nitrogen and oxygen atoms in total. The van der Waals surface area contributed by atoms with Crippen LogP contribution in [0.25, 0.3) is 0 Å². The van der Waals surface area contributed by atoms with E-state index in [-0.39, 0.29) is 12.4 Å². The first-order valence-corrected chi connectivity index (χ1v) is 11.3. The molecule has 0 heterocycles. The summed E-state index contributed by atoms with van der Waals surface area (Å²) in [7, 11) is 1.36. The van der Waals surface area contributed by atoms with E-state index in [1.165, 1.54) is 39.2 Å². The van der Waals surface area contributed by atoms with Gasteiger partial charge in [-0.3, -0.25) is 4.79 Å². The first-order chi connectivity index (χ1) is 14.8. The molecule has 0 amide bonds. The van der Waals surface area contributed by atoms with Gasteiger partial charge in [-0.1, -0.05) is 39.0 Å². The van der Waals surface area contributed by atoms with Gasteiger partial charge in [-0.25, -0.2) is 0 Å². The maximum Gasteiger partial charge on any atom is 0.307 e. The summed E-state index contributed by atoms with van der Waals surface area (Å²) in [6, 6.07) is 0. The third-order valence-electron chi connectivity index (χ3n) is 4.18. The third kappa shape index (κ3) is 25.3. The smallest absolute Gasteiger partial charge is 0.307 e. The van der Waals surface area contributed by atoms with Crippen LogP contribution < -0.4 is 0 Å². The molecule has 0 radical (unpaired) electrons. The number of hydrogen-bond donors (Lipinski definition) is 0. The van der Waals surface area contributed by atoms with Crippen LogP contribution >= 0.6 is 0 Å². The quantitative estimate of drug-likeness (QED) is 0.160. The lowest BCUT2D eigenvalue weighted by molar-refractivity contribution is -0.141. The predicted molar refractivity (Wildman–Crippen MR) is 115 cm³/mol. The molecule has 0 rings (SSSR count). The van der Waals surface area contributed by atoms with E-state index < -0.39 is 0 Å². The molecule has 0 fully saturated rings. The molecule has 0 aromatic heterocycles. The molecule has 0 unspecified atom stereocenters. The van der Waals surface area contributed by atoms with E-state index in [1.807, 2.05) is 0 Å². The predicted octanol–water partition coefficient (Wildman–Crippen LogP) is 3.01. The minimum atomic E-state index is -0.272. The molecule has 0 saturated heterocycles. The second kappa shape index (κ2) is 26.3. The summed E-state index contributed by atoms with van der Waals surface area (Å²) in [5.41, 5.74) is 0. The molecule has 0 N–H and O–H groups in total. The highest BCUT2D eigenvalue weighted by Gasteiger charge is 1.99. The summed E-state index contributed by atoms with van der Waals surface area (Å²) in [6.45, 7) is 8.79. The Balaban J connectivity index is 3.01. The molecule has 0 aromatic carbocycles. The van der Waals surface area contributed by atoms with Crippen LogP contribution in [0.15, 0.2) is 0 Å². The number of carbonyl (C=O) groups excluding carboxylic acids is 1. The SMILES string of the molecule is CCCCCCCCOCCOCCOCCOCCOCCOCCC(=O)OC. The van der Waals surface area contributed by atoms with E-state index in [0.717, 1.165) is 13.0 Å². The van der Waals surface area contributed by atoms with Crippen LogP contribution in [0, 0.1) is 0 Å². The summed E-state index contributed by atoms with van der Waals surface area (Å²) >= 11 is 0. The number of carbonyl (C=O) groups is 1. The maximum atomic E-state index is 10.9. The Morgan fingerprint density at radius 1 is 0.500 bits per heavy atom. The molecule has 180 valence electrons. The number of ether oxygens (including phenoxy) is 7. The highest BCUT2D eigenvalue weighted by Crippen LogP contribution is 2.04. The number of rotatable bonds is 25. The first-order valence-electron chi connectivity index (χ1n) is 11.3. The van der Waals surface area contributed by atoms with Crippen molar-refractivity contribution in [1.82, 2.24) is 0 Å². The lowest BCUT2D eigenvalue weighted by Gasteiger charge is -2.08. The van der Waals surface area contributed by atoms with Crippen molar-refractivity contribution in [3.05, 3.63) is 0 Å². The monoisotopic (exact) mass is 436 g/mol. The van der Waals surface area contributed by atoms with Gasteiger partial charge in [0.2, 0.25) is 0 Å². The molecule has 0 bridgehead atoms. The average molecular weight is 437 g/mol. The van der Waals surface area contributed by atoms with Gasteiger partial charge in [-0.05, 0) is 6.42 Å². The minimum Gasteiger partial charge on any atom is -0.469 e. The zero-order valence-electron chi connectivity index (χ0n) is 19.2. The maximum absolute atomic E-state index is 10.9. The van der Waals surface area contributed by atoms with Gasteiger partial charge in [-0.15, -0.1) is 0 Å². The van der Waals surface area contributed by atoms with Gasteiger partial charge in [-0.2, -0.15) is 0 Å². The van der Waals surface area contributed by atoms with Crippen molar-refractivity contribution in [2.45, 2.75) is 51.9 Å². The van der Waals surface area contributed by atoms with Gasteiger partial charge in [0.05, 0.1) is 86.2 Å². The fraction of sp³-hybridized carbons (Fsp3) is 0.955. The second-order valence-corrected chi connectivity index (χ2v) is 6.77. The molecule has 0 aliphatic carbocycles. The van der Waals surface area contributed by atoms with Gasteiger partial charge in [0.15, 0.2) is 0 Å².